The van der Waals surface area contributed by atoms with Crippen molar-refractivity contribution in [2.45, 2.75) is 26.6 Å². The zero-order chi connectivity index (χ0) is 23.5. The average Bonchev–Trinajstić information content (AvgIpc) is 2.79. The maximum atomic E-state index is 7.77. The minimum absolute atomic E-state index is 0.256. The summed E-state index contributed by atoms with van der Waals surface area (Å²) >= 11 is 0. The third kappa shape index (κ3) is 7.07. The summed E-state index contributed by atoms with van der Waals surface area (Å²) in [6, 6.07) is 5.57. The number of methoxy groups -OCH3 is 2. The standard InChI is InChI=1S/C23H33N7O2/c1-15(2)16(11-24)10-21(26)30-22-6-5-19-20(29-22)9-17(14-28-19)18(12-25)13-27-8-7-23(31-3)32-4/h5-6,9-15,23,25,27H,7-8,24,26H2,1-4H3,(H,29,30)/b16-11+,18-13+,21-10+,25-12?. The largest absolute Gasteiger partial charge is 0.404 e. The molecule has 0 unspecified atom stereocenters. The number of allylic oxidation sites excluding steroid dienone is 3. The number of hydrogen-bond acceptors (Lipinski definition) is 9. The molecule has 2 aromatic rings. The molecule has 0 aliphatic carbocycles. The second kappa shape index (κ2) is 12.4. The first kappa shape index (κ1) is 24.8. The molecule has 172 valence electrons. The van der Waals surface area contributed by atoms with E-state index in [9.17, 15) is 0 Å². The lowest BCUT2D eigenvalue weighted by Gasteiger charge is -2.13. The number of anilines is 1. The van der Waals surface area contributed by atoms with Gasteiger partial charge in [0.05, 0.1) is 11.0 Å². The molecule has 32 heavy (non-hydrogen) atoms. The van der Waals surface area contributed by atoms with Gasteiger partial charge >= 0.3 is 0 Å². The average molecular weight is 440 g/mol. The third-order valence-electron chi connectivity index (χ3n) is 4.79. The second-order valence-corrected chi connectivity index (χ2v) is 7.39. The third-order valence-corrected chi connectivity index (χ3v) is 4.79. The molecule has 9 nitrogen and oxygen atoms in total. The van der Waals surface area contributed by atoms with E-state index >= 15 is 0 Å². The Morgan fingerprint density at radius 2 is 1.97 bits per heavy atom. The van der Waals surface area contributed by atoms with Crippen LogP contribution >= 0.6 is 0 Å². The maximum Gasteiger partial charge on any atom is 0.158 e. The van der Waals surface area contributed by atoms with E-state index in [1.165, 1.54) is 6.21 Å². The van der Waals surface area contributed by atoms with E-state index < -0.39 is 0 Å². The molecule has 0 amide bonds. The van der Waals surface area contributed by atoms with Crippen molar-refractivity contribution in [3.63, 3.8) is 0 Å². The van der Waals surface area contributed by atoms with Crippen LogP contribution in [0.4, 0.5) is 5.82 Å². The summed E-state index contributed by atoms with van der Waals surface area (Å²) in [5.74, 6) is 1.29. The first-order chi connectivity index (χ1) is 15.4. The molecule has 0 aromatic carbocycles. The van der Waals surface area contributed by atoms with Crippen LogP contribution < -0.4 is 22.1 Å². The van der Waals surface area contributed by atoms with Gasteiger partial charge in [0.1, 0.15) is 11.6 Å². The molecule has 2 aromatic heterocycles. The molecule has 2 rings (SSSR count). The smallest absolute Gasteiger partial charge is 0.158 e. The summed E-state index contributed by atoms with van der Waals surface area (Å²) in [5.41, 5.74) is 15.6. The molecular weight excluding hydrogens is 406 g/mol. The topological polar surface area (TPSA) is 144 Å². The Bertz CT molecular complexity index is 995. The normalized spacial score (nSPS) is 13.1. The van der Waals surface area contributed by atoms with E-state index in [0.29, 0.717) is 35.7 Å². The van der Waals surface area contributed by atoms with E-state index in [1.54, 1.807) is 38.9 Å². The van der Waals surface area contributed by atoms with Gasteiger partial charge in [0.2, 0.25) is 0 Å². The molecule has 7 N–H and O–H groups in total. The molecule has 0 bridgehead atoms. The van der Waals surface area contributed by atoms with Crippen molar-refractivity contribution in [1.29, 1.82) is 5.41 Å². The first-order valence-electron chi connectivity index (χ1n) is 10.3. The zero-order valence-corrected chi connectivity index (χ0v) is 19.1. The monoisotopic (exact) mass is 439 g/mol. The highest BCUT2D eigenvalue weighted by molar-refractivity contribution is 6.08. The Labute approximate surface area is 189 Å². The Kier molecular flexibility index (Phi) is 9.65. The van der Waals surface area contributed by atoms with Gasteiger partial charge in [-0.2, -0.15) is 0 Å². The van der Waals surface area contributed by atoms with Gasteiger partial charge in [0.15, 0.2) is 6.29 Å². The quantitative estimate of drug-likeness (QED) is 0.147. The maximum absolute atomic E-state index is 7.77. The van der Waals surface area contributed by atoms with Crippen LogP contribution in [0, 0.1) is 11.3 Å². The van der Waals surface area contributed by atoms with Crippen LogP contribution in [0.1, 0.15) is 25.8 Å². The lowest BCUT2D eigenvalue weighted by Crippen LogP contribution is -2.20. The molecule has 0 aliphatic heterocycles. The molecule has 0 atom stereocenters. The predicted molar refractivity (Wildman–Crippen MR) is 130 cm³/mol. The Hall–Kier alpha value is -3.43. The number of fused-ring (bicyclic) bond motifs is 1. The van der Waals surface area contributed by atoms with Crippen molar-refractivity contribution in [2.24, 2.45) is 17.4 Å². The minimum Gasteiger partial charge on any atom is -0.404 e. The molecular formula is C23H33N7O2. The summed E-state index contributed by atoms with van der Waals surface area (Å²) in [6.45, 7) is 4.72. The van der Waals surface area contributed by atoms with E-state index in [0.717, 1.165) is 16.7 Å². The van der Waals surface area contributed by atoms with Crippen LogP contribution in [-0.2, 0) is 9.47 Å². The van der Waals surface area contributed by atoms with Crippen LogP contribution in [0.2, 0.25) is 0 Å². The zero-order valence-electron chi connectivity index (χ0n) is 19.1. The van der Waals surface area contributed by atoms with Crippen molar-refractivity contribution >= 4 is 28.6 Å². The summed E-state index contributed by atoms with van der Waals surface area (Å²) in [7, 11) is 3.21. The summed E-state index contributed by atoms with van der Waals surface area (Å²) in [6.07, 6.45) is 8.52. The number of nitrogens with zero attached hydrogens (tertiary/aromatic N) is 2. The van der Waals surface area contributed by atoms with Gasteiger partial charge in [-0.05, 0) is 42.0 Å². The Balaban J connectivity index is 2.19. The predicted octanol–water partition coefficient (Wildman–Crippen LogP) is 2.93. The number of nitrogens with one attached hydrogen (secondary N) is 3. The number of hydrogen-bond donors (Lipinski definition) is 5. The fourth-order valence-corrected chi connectivity index (χ4v) is 2.93. The van der Waals surface area contributed by atoms with E-state index in [4.69, 9.17) is 26.4 Å². The Morgan fingerprint density at radius 1 is 1.22 bits per heavy atom. The molecule has 0 spiro atoms. The molecule has 0 radical (unpaired) electrons. The molecule has 0 fully saturated rings. The fourth-order valence-electron chi connectivity index (χ4n) is 2.93. The van der Waals surface area contributed by atoms with E-state index in [1.807, 2.05) is 32.0 Å². The van der Waals surface area contributed by atoms with Crippen LogP contribution in [0.15, 0.2) is 54.3 Å². The van der Waals surface area contributed by atoms with Gasteiger partial charge < -0.3 is 37.0 Å². The summed E-state index contributed by atoms with van der Waals surface area (Å²) < 4.78 is 10.3. The van der Waals surface area contributed by atoms with Gasteiger partial charge in [0, 0.05) is 56.9 Å². The summed E-state index contributed by atoms with van der Waals surface area (Å²) in [5, 5.41) is 14.0. The lowest BCUT2D eigenvalue weighted by atomic mass is 10.0. The second-order valence-electron chi connectivity index (χ2n) is 7.39. The molecule has 9 heteroatoms. The van der Waals surface area contributed by atoms with E-state index in [2.05, 4.69) is 20.6 Å². The minimum atomic E-state index is -0.268. The fraction of sp³-hybridized carbons (Fsp3) is 0.348. The Morgan fingerprint density at radius 3 is 2.59 bits per heavy atom. The van der Waals surface area contributed by atoms with Gasteiger partial charge in [-0.25, -0.2) is 4.98 Å². The molecule has 0 saturated carbocycles. The SMILES string of the molecule is COC(CCN/C=C(\C=N)c1cnc2ccc(N/C(N)=C/C(=C\N)C(C)C)nc2c1)OC. The molecule has 2 heterocycles. The highest BCUT2D eigenvalue weighted by Gasteiger charge is 2.07. The number of pyridine rings is 2. The number of aromatic nitrogens is 2. The van der Waals surface area contributed by atoms with Crippen molar-refractivity contribution in [2.75, 3.05) is 26.1 Å². The van der Waals surface area contributed by atoms with Crippen molar-refractivity contribution in [1.82, 2.24) is 15.3 Å². The van der Waals surface area contributed by atoms with Gasteiger partial charge in [0.25, 0.3) is 0 Å². The van der Waals surface area contributed by atoms with Crippen molar-refractivity contribution in [3.8, 4) is 0 Å². The van der Waals surface area contributed by atoms with Gasteiger partial charge in [-0.1, -0.05) is 13.8 Å². The molecule has 0 saturated heterocycles. The number of rotatable bonds is 12. The van der Waals surface area contributed by atoms with E-state index in [-0.39, 0.29) is 12.2 Å². The lowest BCUT2D eigenvalue weighted by molar-refractivity contribution is -0.105. The van der Waals surface area contributed by atoms with Gasteiger partial charge in [-0.3, -0.25) is 4.98 Å². The first-order valence-corrected chi connectivity index (χ1v) is 10.3. The van der Waals surface area contributed by atoms with Crippen molar-refractivity contribution < 1.29 is 9.47 Å². The number of ether oxygens (including phenoxy) is 2. The van der Waals surface area contributed by atoms with Crippen LogP contribution in [0.25, 0.3) is 16.6 Å². The van der Waals surface area contributed by atoms with Gasteiger partial charge in [-0.15, -0.1) is 0 Å². The summed E-state index contributed by atoms with van der Waals surface area (Å²) in [4.78, 5) is 9.08. The highest BCUT2D eigenvalue weighted by atomic mass is 16.7. The number of nitrogens with two attached hydrogens (primary N) is 2. The van der Waals surface area contributed by atoms with Crippen molar-refractivity contribution in [3.05, 3.63) is 59.8 Å². The van der Waals surface area contributed by atoms with Crippen LogP contribution in [-0.4, -0.2) is 43.2 Å². The molecule has 0 aliphatic rings. The highest BCUT2D eigenvalue weighted by Crippen LogP contribution is 2.19. The van der Waals surface area contributed by atoms with Crippen LogP contribution in [0.3, 0.4) is 0 Å². The van der Waals surface area contributed by atoms with Crippen LogP contribution in [0.5, 0.6) is 0 Å².